The van der Waals surface area contributed by atoms with Gasteiger partial charge in [0.05, 0.1) is 17.2 Å². The Balaban J connectivity index is 2.11. The Kier molecular flexibility index (Phi) is 3.71. The molecule has 0 aliphatic rings. The van der Waals surface area contributed by atoms with Crippen LogP contribution in [0.2, 0.25) is 0 Å². The molecule has 1 heterocycles. The van der Waals surface area contributed by atoms with Crippen LogP contribution in [0.4, 0.5) is 5.69 Å². The van der Waals surface area contributed by atoms with Gasteiger partial charge < -0.3 is 11.1 Å². The van der Waals surface area contributed by atoms with Gasteiger partial charge >= 0.3 is 0 Å². The number of nitrogens with two attached hydrogens (primary N) is 1. The molecule has 1 aromatic carbocycles. The van der Waals surface area contributed by atoms with Crippen LogP contribution >= 0.6 is 23.6 Å². The van der Waals surface area contributed by atoms with E-state index in [0.717, 1.165) is 22.0 Å². The van der Waals surface area contributed by atoms with Crippen LogP contribution in [0.5, 0.6) is 0 Å². The molecular formula is C12H13N3S2. The van der Waals surface area contributed by atoms with Crippen molar-refractivity contribution in [3.05, 3.63) is 45.9 Å². The molecular weight excluding hydrogens is 250 g/mol. The average molecular weight is 263 g/mol. The topological polar surface area (TPSA) is 50.9 Å². The summed E-state index contributed by atoms with van der Waals surface area (Å²) in [5.41, 5.74) is 8.52. The van der Waals surface area contributed by atoms with Gasteiger partial charge in [-0.3, -0.25) is 0 Å². The van der Waals surface area contributed by atoms with E-state index in [4.69, 9.17) is 18.0 Å². The highest BCUT2D eigenvalue weighted by molar-refractivity contribution is 7.80. The Morgan fingerprint density at radius 2 is 2.24 bits per heavy atom. The van der Waals surface area contributed by atoms with Crippen molar-refractivity contribution in [2.75, 3.05) is 5.32 Å². The van der Waals surface area contributed by atoms with E-state index < -0.39 is 0 Å². The number of aryl methyl sites for hydroxylation is 1. The monoisotopic (exact) mass is 263 g/mol. The summed E-state index contributed by atoms with van der Waals surface area (Å²) >= 11 is 6.66. The molecule has 0 fully saturated rings. The zero-order valence-corrected chi connectivity index (χ0v) is 11.1. The SMILES string of the molecule is Cc1nc(CNc2ccccc2C(N)=S)cs1. The zero-order valence-electron chi connectivity index (χ0n) is 9.43. The third kappa shape index (κ3) is 3.01. The van der Waals surface area contributed by atoms with Gasteiger partial charge in [-0.2, -0.15) is 0 Å². The molecule has 0 bridgehead atoms. The molecule has 1 aromatic heterocycles. The number of thiazole rings is 1. The van der Waals surface area contributed by atoms with E-state index in [1.54, 1.807) is 11.3 Å². The Labute approximate surface area is 110 Å². The minimum absolute atomic E-state index is 0.405. The maximum atomic E-state index is 5.67. The Bertz CT molecular complexity index is 534. The molecule has 0 aliphatic heterocycles. The number of hydrogen-bond donors (Lipinski definition) is 2. The van der Waals surface area contributed by atoms with Crippen molar-refractivity contribution in [3.8, 4) is 0 Å². The molecule has 0 saturated heterocycles. The van der Waals surface area contributed by atoms with Gasteiger partial charge in [0, 0.05) is 16.6 Å². The van der Waals surface area contributed by atoms with Gasteiger partial charge in [-0.15, -0.1) is 11.3 Å². The third-order valence-electron chi connectivity index (χ3n) is 2.32. The number of nitrogens with one attached hydrogen (secondary N) is 1. The van der Waals surface area contributed by atoms with Crippen molar-refractivity contribution in [1.82, 2.24) is 4.98 Å². The second kappa shape index (κ2) is 5.25. The predicted molar refractivity (Wildman–Crippen MR) is 76.5 cm³/mol. The van der Waals surface area contributed by atoms with Crippen LogP contribution in [0.1, 0.15) is 16.3 Å². The first-order chi connectivity index (χ1) is 8.16. The highest BCUT2D eigenvalue weighted by atomic mass is 32.1. The van der Waals surface area contributed by atoms with E-state index >= 15 is 0 Å². The van der Waals surface area contributed by atoms with E-state index in [1.807, 2.05) is 36.6 Å². The van der Waals surface area contributed by atoms with Crippen molar-refractivity contribution < 1.29 is 0 Å². The number of para-hydroxylation sites is 1. The molecule has 0 spiro atoms. The summed E-state index contributed by atoms with van der Waals surface area (Å²) in [7, 11) is 0. The molecule has 3 nitrogen and oxygen atoms in total. The molecule has 2 rings (SSSR count). The summed E-state index contributed by atoms with van der Waals surface area (Å²) in [6, 6.07) is 7.76. The number of hydrogen-bond acceptors (Lipinski definition) is 4. The number of anilines is 1. The largest absolute Gasteiger partial charge is 0.389 e. The van der Waals surface area contributed by atoms with Gasteiger partial charge in [0.1, 0.15) is 4.99 Å². The smallest absolute Gasteiger partial charge is 0.106 e. The maximum absolute atomic E-state index is 5.67. The van der Waals surface area contributed by atoms with Crippen molar-refractivity contribution in [2.45, 2.75) is 13.5 Å². The Morgan fingerprint density at radius 3 is 2.88 bits per heavy atom. The molecule has 0 unspecified atom stereocenters. The summed E-state index contributed by atoms with van der Waals surface area (Å²) in [5, 5.41) is 6.42. The van der Waals surface area contributed by atoms with Gasteiger partial charge in [-0.05, 0) is 19.1 Å². The van der Waals surface area contributed by atoms with Crippen LogP contribution in [0.3, 0.4) is 0 Å². The summed E-state index contributed by atoms with van der Waals surface area (Å²) in [6.07, 6.45) is 0. The fraction of sp³-hybridized carbons (Fsp3) is 0.167. The fourth-order valence-electron chi connectivity index (χ4n) is 1.53. The Hall–Kier alpha value is -1.46. The van der Waals surface area contributed by atoms with Crippen LogP contribution in [0.15, 0.2) is 29.6 Å². The first-order valence-corrected chi connectivity index (χ1v) is 6.49. The molecule has 0 aliphatic carbocycles. The minimum Gasteiger partial charge on any atom is -0.389 e. The van der Waals surface area contributed by atoms with E-state index in [0.29, 0.717) is 11.5 Å². The Morgan fingerprint density at radius 1 is 1.47 bits per heavy atom. The molecule has 88 valence electrons. The zero-order chi connectivity index (χ0) is 12.3. The van der Waals surface area contributed by atoms with Gasteiger partial charge in [-0.1, -0.05) is 24.4 Å². The standard InChI is InChI=1S/C12H13N3S2/c1-8-15-9(7-17-8)6-14-11-5-3-2-4-10(11)12(13)16/h2-5,7,14H,6H2,1H3,(H2,13,16). The molecule has 0 radical (unpaired) electrons. The van der Waals surface area contributed by atoms with Crippen molar-refractivity contribution >= 4 is 34.2 Å². The maximum Gasteiger partial charge on any atom is 0.106 e. The van der Waals surface area contributed by atoms with E-state index in [1.165, 1.54) is 0 Å². The van der Waals surface area contributed by atoms with Crippen LogP contribution in [0.25, 0.3) is 0 Å². The highest BCUT2D eigenvalue weighted by Gasteiger charge is 2.04. The van der Waals surface area contributed by atoms with Crippen molar-refractivity contribution in [2.24, 2.45) is 5.73 Å². The lowest BCUT2D eigenvalue weighted by Gasteiger charge is -2.09. The molecule has 17 heavy (non-hydrogen) atoms. The number of rotatable bonds is 4. The average Bonchev–Trinajstić information content (AvgIpc) is 2.73. The van der Waals surface area contributed by atoms with Gasteiger partial charge in [-0.25, -0.2) is 4.98 Å². The van der Waals surface area contributed by atoms with Crippen molar-refractivity contribution in [1.29, 1.82) is 0 Å². The predicted octanol–water partition coefficient (Wildman–Crippen LogP) is 2.70. The minimum atomic E-state index is 0.405. The van der Waals surface area contributed by atoms with Crippen LogP contribution < -0.4 is 11.1 Å². The number of thiocarbonyl (C=S) groups is 1. The normalized spacial score (nSPS) is 10.2. The summed E-state index contributed by atoms with van der Waals surface area (Å²) < 4.78 is 0. The van der Waals surface area contributed by atoms with E-state index in [2.05, 4.69) is 10.3 Å². The van der Waals surface area contributed by atoms with E-state index in [-0.39, 0.29) is 0 Å². The first kappa shape index (κ1) is 12.0. The lowest BCUT2D eigenvalue weighted by Crippen LogP contribution is -2.13. The van der Waals surface area contributed by atoms with Gasteiger partial charge in [0.2, 0.25) is 0 Å². The number of aromatic nitrogens is 1. The molecule has 3 N–H and O–H groups in total. The number of nitrogens with zero attached hydrogens (tertiary/aromatic N) is 1. The molecule has 0 saturated carbocycles. The lowest BCUT2D eigenvalue weighted by molar-refractivity contribution is 1.05. The second-order valence-corrected chi connectivity index (χ2v) is 5.12. The second-order valence-electron chi connectivity index (χ2n) is 3.62. The molecule has 0 atom stereocenters. The third-order valence-corrected chi connectivity index (χ3v) is 3.36. The van der Waals surface area contributed by atoms with Gasteiger partial charge in [0.15, 0.2) is 0 Å². The lowest BCUT2D eigenvalue weighted by atomic mass is 10.2. The highest BCUT2D eigenvalue weighted by Crippen LogP contribution is 2.16. The van der Waals surface area contributed by atoms with Crippen molar-refractivity contribution in [3.63, 3.8) is 0 Å². The summed E-state index contributed by atoms with van der Waals surface area (Å²) in [6.45, 7) is 2.68. The van der Waals surface area contributed by atoms with E-state index in [9.17, 15) is 0 Å². The van der Waals surface area contributed by atoms with Crippen LogP contribution in [-0.2, 0) is 6.54 Å². The van der Waals surface area contributed by atoms with Gasteiger partial charge in [0.25, 0.3) is 0 Å². The summed E-state index contributed by atoms with van der Waals surface area (Å²) in [5.74, 6) is 0. The first-order valence-electron chi connectivity index (χ1n) is 5.20. The quantitative estimate of drug-likeness (QED) is 0.833. The summed E-state index contributed by atoms with van der Waals surface area (Å²) in [4.78, 5) is 4.80. The molecule has 5 heteroatoms. The number of benzene rings is 1. The molecule has 0 amide bonds. The van der Waals surface area contributed by atoms with Crippen LogP contribution in [-0.4, -0.2) is 9.97 Å². The molecule has 2 aromatic rings. The van der Waals surface area contributed by atoms with Crippen LogP contribution in [0, 0.1) is 6.92 Å². The fourth-order valence-corrected chi connectivity index (χ4v) is 2.32.